The molecule has 2 heteroatoms. The van der Waals surface area contributed by atoms with Crippen LogP contribution in [0.15, 0.2) is 0 Å². The summed E-state index contributed by atoms with van der Waals surface area (Å²) in [5.74, 6) is 1.03. The van der Waals surface area contributed by atoms with Gasteiger partial charge in [0.15, 0.2) is 0 Å². The van der Waals surface area contributed by atoms with Crippen molar-refractivity contribution in [1.29, 1.82) is 0 Å². The van der Waals surface area contributed by atoms with Crippen molar-refractivity contribution < 1.29 is 0 Å². The highest BCUT2D eigenvalue weighted by Crippen LogP contribution is 2.39. The number of nitrogens with zero attached hydrogens (tertiary/aromatic N) is 1. The van der Waals surface area contributed by atoms with Gasteiger partial charge in [0.1, 0.15) is 0 Å². The van der Waals surface area contributed by atoms with E-state index >= 15 is 0 Å². The minimum absolute atomic E-state index is 0.596. The van der Waals surface area contributed by atoms with E-state index in [4.69, 9.17) is 0 Å². The van der Waals surface area contributed by atoms with Crippen LogP contribution in [0.2, 0.25) is 0 Å². The molecule has 0 radical (unpaired) electrons. The molecule has 2 rings (SSSR count). The smallest absolute Gasteiger partial charge is 0.00472 e. The Labute approximate surface area is 94.4 Å². The predicted molar refractivity (Wildman–Crippen MR) is 65.0 cm³/mol. The minimum atomic E-state index is 0.596. The van der Waals surface area contributed by atoms with Crippen molar-refractivity contribution in [2.24, 2.45) is 11.3 Å². The van der Waals surface area contributed by atoms with E-state index in [0.29, 0.717) is 5.41 Å². The molecule has 88 valence electrons. The van der Waals surface area contributed by atoms with Crippen LogP contribution in [-0.4, -0.2) is 38.6 Å². The Kier molecular flexibility index (Phi) is 3.68. The highest BCUT2D eigenvalue weighted by molar-refractivity contribution is 4.89. The summed E-state index contributed by atoms with van der Waals surface area (Å²) < 4.78 is 0. The van der Waals surface area contributed by atoms with Gasteiger partial charge in [-0.3, -0.25) is 0 Å². The summed E-state index contributed by atoms with van der Waals surface area (Å²) in [6.45, 7) is 3.86. The van der Waals surface area contributed by atoms with E-state index in [1.54, 1.807) is 0 Å². The molecule has 0 spiro atoms. The van der Waals surface area contributed by atoms with Gasteiger partial charge in [-0.15, -0.1) is 0 Å². The fraction of sp³-hybridized carbons (Fsp3) is 1.00. The van der Waals surface area contributed by atoms with Gasteiger partial charge in [-0.2, -0.15) is 0 Å². The summed E-state index contributed by atoms with van der Waals surface area (Å²) in [6, 6.07) is 0. The Morgan fingerprint density at radius 1 is 1.27 bits per heavy atom. The van der Waals surface area contributed by atoms with E-state index in [0.717, 1.165) is 5.92 Å². The average Bonchev–Trinajstić information content (AvgIpc) is 2.86. The van der Waals surface area contributed by atoms with Crippen molar-refractivity contribution >= 4 is 0 Å². The first kappa shape index (κ1) is 11.4. The first-order valence-electron chi connectivity index (χ1n) is 6.57. The first-order valence-corrected chi connectivity index (χ1v) is 6.57. The Hall–Kier alpha value is -0.0800. The lowest BCUT2D eigenvalue weighted by Gasteiger charge is -2.33. The molecular weight excluding hydrogens is 184 g/mol. The summed E-state index contributed by atoms with van der Waals surface area (Å²) in [7, 11) is 4.41. The summed E-state index contributed by atoms with van der Waals surface area (Å²) in [4.78, 5) is 2.58. The zero-order chi connectivity index (χ0) is 10.7. The van der Waals surface area contributed by atoms with Crippen molar-refractivity contribution in [2.45, 2.75) is 38.5 Å². The van der Waals surface area contributed by atoms with E-state index in [-0.39, 0.29) is 0 Å². The standard InChI is InChI=1S/C13H26N2/c1-14-10-13(7-3-4-8-13)11-15(2)9-12-5-6-12/h12,14H,3-11H2,1-2H3. The highest BCUT2D eigenvalue weighted by Gasteiger charge is 2.35. The van der Waals surface area contributed by atoms with Crippen LogP contribution in [0.3, 0.4) is 0 Å². The van der Waals surface area contributed by atoms with Crippen LogP contribution in [-0.2, 0) is 0 Å². The topological polar surface area (TPSA) is 15.3 Å². The van der Waals surface area contributed by atoms with E-state index in [1.807, 2.05) is 0 Å². The molecular formula is C13H26N2. The first-order chi connectivity index (χ1) is 7.24. The molecule has 0 heterocycles. The zero-order valence-corrected chi connectivity index (χ0v) is 10.4. The minimum Gasteiger partial charge on any atom is -0.319 e. The van der Waals surface area contributed by atoms with Gasteiger partial charge in [-0.25, -0.2) is 0 Å². The van der Waals surface area contributed by atoms with Crippen molar-refractivity contribution in [3.63, 3.8) is 0 Å². The summed E-state index contributed by atoms with van der Waals surface area (Å²) >= 11 is 0. The normalized spacial score (nSPS) is 25.0. The quantitative estimate of drug-likeness (QED) is 0.722. The Bertz CT molecular complexity index is 193. The third-order valence-corrected chi connectivity index (χ3v) is 4.09. The van der Waals surface area contributed by atoms with Gasteiger partial charge in [0.05, 0.1) is 0 Å². The summed E-state index contributed by atoms with van der Waals surface area (Å²) in [5.41, 5.74) is 0.596. The van der Waals surface area contributed by atoms with Crippen LogP contribution >= 0.6 is 0 Å². The zero-order valence-electron chi connectivity index (χ0n) is 10.4. The van der Waals surface area contributed by atoms with Crippen molar-refractivity contribution in [3.8, 4) is 0 Å². The monoisotopic (exact) mass is 210 g/mol. The van der Waals surface area contributed by atoms with Gasteiger partial charge in [0.2, 0.25) is 0 Å². The number of hydrogen-bond acceptors (Lipinski definition) is 2. The third-order valence-electron chi connectivity index (χ3n) is 4.09. The molecule has 0 amide bonds. The summed E-state index contributed by atoms with van der Waals surface area (Å²) in [5, 5.41) is 3.40. The molecule has 0 aliphatic heterocycles. The van der Waals surface area contributed by atoms with Gasteiger partial charge in [0.25, 0.3) is 0 Å². The van der Waals surface area contributed by atoms with Crippen LogP contribution in [0.5, 0.6) is 0 Å². The molecule has 2 aliphatic carbocycles. The number of rotatable bonds is 6. The molecule has 2 saturated carbocycles. The molecule has 2 aliphatic rings. The number of nitrogens with one attached hydrogen (secondary N) is 1. The average molecular weight is 210 g/mol. The molecule has 0 aromatic heterocycles. The van der Waals surface area contributed by atoms with Crippen LogP contribution in [0, 0.1) is 11.3 Å². The fourth-order valence-electron chi connectivity index (χ4n) is 3.27. The Balaban J connectivity index is 1.81. The molecule has 0 unspecified atom stereocenters. The largest absolute Gasteiger partial charge is 0.319 e. The van der Waals surface area contributed by atoms with Crippen LogP contribution < -0.4 is 5.32 Å². The SMILES string of the molecule is CNCC1(CN(C)CC2CC2)CCCC1. The second-order valence-corrected chi connectivity index (χ2v) is 5.88. The molecule has 2 nitrogen and oxygen atoms in total. The Morgan fingerprint density at radius 3 is 2.47 bits per heavy atom. The molecule has 0 aromatic rings. The lowest BCUT2D eigenvalue weighted by atomic mass is 9.85. The van der Waals surface area contributed by atoms with Crippen LogP contribution in [0.1, 0.15) is 38.5 Å². The van der Waals surface area contributed by atoms with Crippen LogP contribution in [0.25, 0.3) is 0 Å². The molecule has 0 atom stereocenters. The maximum atomic E-state index is 3.40. The van der Waals surface area contributed by atoms with E-state index in [9.17, 15) is 0 Å². The predicted octanol–water partition coefficient (Wildman–Crippen LogP) is 2.11. The maximum Gasteiger partial charge on any atom is 0.00472 e. The highest BCUT2D eigenvalue weighted by atomic mass is 15.1. The maximum absolute atomic E-state index is 3.40. The van der Waals surface area contributed by atoms with Gasteiger partial charge in [-0.05, 0) is 51.1 Å². The van der Waals surface area contributed by atoms with E-state index in [1.165, 1.54) is 58.2 Å². The van der Waals surface area contributed by atoms with Crippen molar-refractivity contribution in [2.75, 3.05) is 33.7 Å². The van der Waals surface area contributed by atoms with Gasteiger partial charge in [0, 0.05) is 19.6 Å². The number of hydrogen-bond donors (Lipinski definition) is 1. The van der Waals surface area contributed by atoms with Gasteiger partial charge < -0.3 is 10.2 Å². The molecule has 0 bridgehead atoms. The molecule has 0 saturated heterocycles. The Morgan fingerprint density at radius 2 is 1.93 bits per heavy atom. The second-order valence-electron chi connectivity index (χ2n) is 5.88. The lowest BCUT2D eigenvalue weighted by molar-refractivity contribution is 0.171. The van der Waals surface area contributed by atoms with E-state index in [2.05, 4.69) is 24.3 Å². The molecule has 15 heavy (non-hydrogen) atoms. The second kappa shape index (κ2) is 4.84. The molecule has 1 N–H and O–H groups in total. The lowest BCUT2D eigenvalue weighted by Crippen LogP contribution is -2.41. The van der Waals surface area contributed by atoms with Crippen molar-refractivity contribution in [3.05, 3.63) is 0 Å². The molecule has 2 fully saturated rings. The summed E-state index contributed by atoms with van der Waals surface area (Å²) in [6.07, 6.45) is 8.70. The van der Waals surface area contributed by atoms with Crippen molar-refractivity contribution in [1.82, 2.24) is 10.2 Å². The van der Waals surface area contributed by atoms with Gasteiger partial charge in [-0.1, -0.05) is 12.8 Å². The van der Waals surface area contributed by atoms with E-state index < -0.39 is 0 Å². The fourth-order valence-corrected chi connectivity index (χ4v) is 3.27. The van der Waals surface area contributed by atoms with Crippen LogP contribution in [0.4, 0.5) is 0 Å². The molecule has 0 aromatic carbocycles. The van der Waals surface area contributed by atoms with Gasteiger partial charge >= 0.3 is 0 Å². The third kappa shape index (κ3) is 3.18.